The minimum absolute atomic E-state index is 0.0802. The van der Waals surface area contributed by atoms with Gasteiger partial charge in [-0.15, -0.1) is 0 Å². The Bertz CT molecular complexity index is 890. The number of carbonyl (C=O) groups is 1. The first kappa shape index (κ1) is 20.4. The van der Waals surface area contributed by atoms with E-state index in [2.05, 4.69) is 39.2 Å². The van der Waals surface area contributed by atoms with E-state index in [4.69, 9.17) is 9.47 Å². The average Bonchev–Trinajstić information content (AvgIpc) is 3.20. The predicted octanol–water partition coefficient (Wildman–Crippen LogP) is 2.92. The summed E-state index contributed by atoms with van der Waals surface area (Å²) in [5.41, 5.74) is 4.23. The van der Waals surface area contributed by atoms with E-state index >= 15 is 0 Å². The molecule has 2 aromatic rings. The van der Waals surface area contributed by atoms with Crippen molar-refractivity contribution in [2.45, 2.75) is 33.3 Å². The van der Waals surface area contributed by atoms with Crippen molar-refractivity contribution in [3.8, 4) is 5.88 Å². The number of nitrogens with zero attached hydrogens (tertiary/aromatic N) is 4. The largest absolute Gasteiger partial charge is 0.472 e. The first-order valence-corrected chi connectivity index (χ1v) is 10.4. The van der Waals surface area contributed by atoms with Crippen LogP contribution in [0.2, 0.25) is 0 Å². The number of morpholine rings is 1. The maximum Gasteiger partial charge on any atom is 0.321 e. The predicted molar refractivity (Wildman–Crippen MR) is 115 cm³/mol. The quantitative estimate of drug-likeness (QED) is 0.833. The lowest BCUT2D eigenvalue weighted by molar-refractivity contribution is 0.122. The van der Waals surface area contributed by atoms with Crippen LogP contribution in [0.25, 0.3) is 0 Å². The number of aromatic nitrogens is 2. The van der Waals surface area contributed by atoms with E-state index in [0.717, 1.165) is 42.1 Å². The van der Waals surface area contributed by atoms with Crippen LogP contribution in [0.3, 0.4) is 0 Å². The van der Waals surface area contributed by atoms with Crippen molar-refractivity contribution in [2.24, 2.45) is 0 Å². The van der Waals surface area contributed by atoms with E-state index in [1.54, 1.807) is 4.90 Å². The molecule has 1 atom stereocenters. The van der Waals surface area contributed by atoms with Gasteiger partial charge in [0, 0.05) is 37.8 Å². The van der Waals surface area contributed by atoms with Crippen LogP contribution in [0.5, 0.6) is 5.88 Å². The van der Waals surface area contributed by atoms with Gasteiger partial charge in [0.15, 0.2) is 0 Å². The molecule has 160 valence electrons. The van der Waals surface area contributed by atoms with Gasteiger partial charge in [0.25, 0.3) is 0 Å². The standard InChI is InChI=1S/C22H29N5O3/c1-15-10-16(2)21(17(3)11-15)25-22(28)27-5-4-18(13-27)30-20-12-19(23-14-24-20)26-6-8-29-9-7-26/h10-12,14,18H,4-9,13H2,1-3H3,(H,25,28). The maximum atomic E-state index is 12.8. The molecule has 1 unspecified atom stereocenters. The summed E-state index contributed by atoms with van der Waals surface area (Å²) in [5, 5.41) is 3.07. The zero-order chi connectivity index (χ0) is 21.1. The van der Waals surface area contributed by atoms with Crippen LogP contribution in [-0.4, -0.2) is 66.4 Å². The van der Waals surface area contributed by atoms with Crippen molar-refractivity contribution in [1.82, 2.24) is 14.9 Å². The van der Waals surface area contributed by atoms with Crippen LogP contribution in [0.1, 0.15) is 23.1 Å². The molecule has 2 fully saturated rings. The lowest BCUT2D eigenvalue weighted by atomic mass is 10.1. The Morgan fingerprint density at radius 3 is 2.57 bits per heavy atom. The second-order valence-electron chi connectivity index (χ2n) is 7.99. The summed E-state index contributed by atoms with van der Waals surface area (Å²) >= 11 is 0. The molecule has 2 aliphatic heterocycles. The molecule has 2 amide bonds. The Balaban J connectivity index is 1.35. The number of rotatable bonds is 4. The molecule has 0 spiro atoms. The van der Waals surface area contributed by atoms with Crippen LogP contribution in [0, 0.1) is 20.8 Å². The summed E-state index contributed by atoms with van der Waals surface area (Å²) in [7, 11) is 0. The number of hydrogen-bond donors (Lipinski definition) is 1. The van der Waals surface area contributed by atoms with E-state index < -0.39 is 0 Å². The van der Waals surface area contributed by atoms with Gasteiger partial charge in [-0.3, -0.25) is 0 Å². The number of aryl methyl sites for hydroxylation is 3. The summed E-state index contributed by atoms with van der Waals surface area (Å²) in [6.07, 6.45) is 2.22. The third-order valence-corrected chi connectivity index (χ3v) is 5.59. The molecule has 0 saturated carbocycles. The first-order chi connectivity index (χ1) is 14.5. The van der Waals surface area contributed by atoms with E-state index in [9.17, 15) is 4.79 Å². The highest BCUT2D eigenvalue weighted by Crippen LogP contribution is 2.24. The molecular weight excluding hydrogens is 382 g/mol. The number of carbonyl (C=O) groups excluding carboxylic acids is 1. The van der Waals surface area contributed by atoms with Crippen molar-refractivity contribution in [3.63, 3.8) is 0 Å². The number of nitrogens with one attached hydrogen (secondary N) is 1. The third kappa shape index (κ3) is 4.64. The van der Waals surface area contributed by atoms with Crippen molar-refractivity contribution in [2.75, 3.05) is 49.6 Å². The molecule has 3 heterocycles. The van der Waals surface area contributed by atoms with Gasteiger partial charge in [-0.05, 0) is 31.9 Å². The molecule has 1 N–H and O–H groups in total. The second-order valence-corrected chi connectivity index (χ2v) is 7.99. The Labute approximate surface area is 177 Å². The van der Waals surface area contributed by atoms with E-state index in [-0.39, 0.29) is 12.1 Å². The molecule has 0 radical (unpaired) electrons. The van der Waals surface area contributed by atoms with Gasteiger partial charge in [-0.25, -0.2) is 14.8 Å². The summed E-state index contributed by atoms with van der Waals surface area (Å²) in [4.78, 5) is 25.4. The van der Waals surface area contributed by atoms with Crippen molar-refractivity contribution in [3.05, 3.63) is 41.2 Å². The highest BCUT2D eigenvalue weighted by atomic mass is 16.5. The van der Waals surface area contributed by atoms with Gasteiger partial charge in [-0.2, -0.15) is 0 Å². The van der Waals surface area contributed by atoms with Crippen LogP contribution in [0.15, 0.2) is 24.5 Å². The van der Waals surface area contributed by atoms with Crippen LogP contribution < -0.4 is 15.0 Å². The zero-order valence-electron chi connectivity index (χ0n) is 17.9. The Kier molecular flexibility index (Phi) is 6.03. The minimum atomic E-state index is -0.0900. The summed E-state index contributed by atoms with van der Waals surface area (Å²) in [5.74, 6) is 1.39. The average molecular weight is 412 g/mol. The second kappa shape index (κ2) is 8.87. The van der Waals surface area contributed by atoms with Crippen LogP contribution in [0.4, 0.5) is 16.3 Å². The number of hydrogen-bond acceptors (Lipinski definition) is 6. The summed E-state index contributed by atoms with van der Waals surface area (Å²) < 4.78 is 11.5. The fourth-order valence-corrected chi connectivity index (χ4v) is 4.10. The smallest absolute Gasteiger partial charge is 0.321 e. The number of amides is 2. The molecule has 0 aliphatic carbocycles. The number of anilines is 2. The summed E-state index contributed by atoms with van der Waals surface area (Å²) in [6.45, 7) is 10.3. The van der Waals surface area contributed by atoms with Crippen LogP contribution in [-0.2, 0) is 4.74 Å². The topological polar surface area (TPSA) is 79.8 Å². The highest BCUT2D eigenvalue weighted by molar-refractivity contribution is 5.91. The molecule has 1 aromatic heterocycles. The number of likely N-dealkylation sites (tertiary alicyclic amines) is 1. The third-order valence-electron chi connectivity index (χ3n) is 5.59. The fourth-order valence-electron chi connectivity index (χ4n) is 4.10. The van der Waals surface area contributed by atoms with Gasteiger partial charge in [0.1, 0.15) is 18.2 Å². The van der Waals surface area contributed by atoms with Crippen molar-refractivity contribution in [1.29, 1.82) is 0 Å². The normalized spacial score (nSPS) is 19.1. The molecule has 8 nitrogen and oxygen atoms in total. The molecule has 2 aliphatic rings. The monoisotopic (exact) mass is 411 g/mol. The molecule has 30 heavy (non-hydrogen) atoms. The zero-order valence-corrected chi connectivity index (χ0v) is 17.9. The van der Waals surface area contributed by atoms with Crippen LogP contribution >= 0.6 is 0 Å². The van der Waals surface area contributed by atoms with Gasteiger partial charge in [0.2, 0.25) is 5.88 Å². The molecule has 2 saturated heterocycles. The van der Waals surface area contributed by atoms with Gasteiger partial charge in [0.05, 0.1) is 19.8 Å². The fraction of sp³-hybridized carbons (Fsp3) is 0.500. The van der Waals surface area contributed by atoms with Gasteiger partial charge < -0.3 is 24.6 Å². The summed E-state index contributed by atoms with van der Waals surface area (Å²) in [6, 6.07) is 5.94. The minimum Gasteiger partial charge on any atom is -0.472 e. The first-order valence-electron chi connectivity index (χ1n) is 10.4. The number of ether oxygens (including phenoxy) is 2. The number of benzene rings is 1. The lowest BCUT2D eigenvalue weighted by Gasteiger charge is -2.27. The van der Waals surface area contributed by atoms with E-state index in [0.29, 0.717) is 32.2 Å². The van der Waals surface area contributed by atoms with Crippen molar-refractivity contribution < 1.29 is 14.3 Å². The molecule has 8 heteroatoms. The van der Waals surface area contributed by atoms with Gasteiger partial charge >= 0.3 is 6.03 Å². The lowest BCUT2D eigenvalue weighted by Crippen LogP contribution is -2.37. The molecule has 1 aromatic carbocycles. The maximum absolute atomic E-state index is 12.8. The molecular formula is C22H29N5O3. The van der Waals surface area contributed by atoms with E-state index in [1.807, 2.05) is 19.9 Å². The Morgan fingerprint density at radius 2 is 1.83 bits per heavy atom. The Morgan fingerprint density at radius 1 is 1.10 bits per heavy atom. The van der Waals surface area contributed by atoms with Crippen molar-refractivity contribution >= 4 is 17.5 Å². The Hall–Kier alpha value is -2.87. The number of urea groups is 1. The van der Waals surface area contributed by atoms with E-state index in [1.165, 1.54) is 11.9 Å². The van der Waals surface area contributed by atoms with Gasteiger partial charge in [-0.1, -0.05) is 17.7 Å². The highest BCUT2D eigenvalue weighted by Gasteiger charge is 2.28. The molecule has 4 rings (SSSR count). The molecule has 0 bridgehead atoms. The SMILES string of the molecule is Cc1cc(C)c(NC(=O)N2CCC(Oc3cc(N4CCOCC4)ncn3)C2)c(C)c1.